The second-order valence-corrected chi connectivity index (χ2v) is 4.32. The zero-order valence-corrected chi connectivity index (χ0v) is 10.9. The van der Waals surface area contributed by atoms with Gasteiger partial charge in [-0.3, -0.25) is 4.89 Å². The normalized spacial score (nSPS) is 12.6. The number of aliphatic hydroxyl groups is 2. The highest BCUT2D eigenvalue weighted by atomic mass is 31.2. The van der Waals surface area contributed by atoms with Crippen LogP contribution in [0.25, 0.3) is 0 Å². The molecule has 10 heteroatoms. The van der Waals surface area contributed by atoms with Gasteiger partial charge in [0.15, 0.2) is 0 Å². The summed E-state index contributed by atoms with van der Waals surface area (Å²) in [4.78, 5) is 6.74. The molecule has 0 bridgehead atoms. The van der Waals surface area contributed by atoms with Crippen LogP contribution >= 0.6 is 7.99 Å². The Morgan fingerprint density at radius 2 is 1.65 bits per heavy atom. The first kappa shape index (κ1) is 19.0. The van der Waals surface area contributed by atoms with E-state index in [0.29, 0.717) is 0 Å². The molecule has 1 atom stereocenters. The maximum absolute atomic E-state index is 12.7. The molecule has 3 N–H and O–H groups in total. The first-order valence-corrected chi connectivity index (χ1v) is 6.62. The second kappa shape index (κ2) is 9.04. The lowest BCUT2D eigenvalue weighted by molar-refractivity contribution is 0.0204. The highest BCUT2D eigenvalue weighted by Gasteiger charge is 2.10. The maximum Gasteiger partial charge on any atom is 0.549 e. The number of hydrogen-bond acceptors (Lipinski definition) is 4. The smallest absolute Gasteiger partial charge is 0.394 e. The van der Waals surface area contributed by atoms with Crippen molar-refractivity contribution >= 4 is 7.99 Å². The van der Waals surface area contributed by atoms with Gasteiger partial charge in [-0.15, -0.1) is 8.39 Å². The first-order chi connectivity index (χ1) is 9.13. The van der Waals surface area contributed by atoms with Gasteiger partial charge < -0.3 is 14.9 Å². The molecular weight excluding hydrogens is 307 g/mol. The Hall–Kier alpha value is -0.990. The summed E-state index contributed by atoms with van der Waals surface area (Å²) in [7, 11) is -5.64. The van der Waals surface area contributed by atoms with Crippen molar-refractivity contribution in [1.29, 1.82) is 0 Å². The molecule has 0 saturated heterocycles. The van der Waals surface area contributed by atoms with Crippen LogP contribution in [0.15, 0.2) is 18.2 Å². The molecule has 0 aliphatic carbocycles. The van der Waals surface area contributed by atoms with Crippen LogP contribution in [0.1, 0.15) is 11.7 Å². The average Bonchev–Trinajstić information content (AvgIpc) is 2.25. The van der Waals surface area contributed by atoms with E-state index in [9.17, 15) is 22.3 Å². The van der Waals surface area contributed by atoms with E-state index in [-0.39, 0.29) is 25.4 Å². The summed E-state index contributed by atoms with van der Waals surface area (Å²) >= 11 is 0. The molecule has 0 aliphatic rings. The molecule has 0 aromatic heterocycles. The van der Waals surface area contributed by atoms with Crippen LogP contribution in [-0.2, 0) is 9.30 Å². The summed E-state index contributed by atoms with van der Waals surface area (Å²) in [6.07, 6.45) is -1.10. The standard InChI is InChI=1S/C10H12F2O3.F2HO2P/c11-8-3-7(4-9(12)5-8)10(14)6-15-2-1-13;1-5(2,3)4/h3-5,10,13-14H,1-2,6H2;(H,3,4). The van der Waals surface area contributed by atoms with Crippen molar-refractivity contribution in [2.45, 2.75) is 6.10 Å². The Morgan fingerprint density at radius 3 is 2.05 bits per heavy atom. The topological polar surface area (TPSA) is 87.0 Å². The van der Waals surface area contributed by atoms with Crippen molar-refractivity contribution in [3.05, 3.63) is 35.4 Å². The van der Waals surface area contributed by atoms with Gasteiger partial charge in [0.05, 0.1) is 19.8 Å². The predicted molar refractivity (Wildman–Crippen MR) is 61.3 cm³/mol. The Bertz CT molecular complexity index is 425. The van der Waals surface area contributed by atoms with Crippen molar-refractivity contribution in [3.63, 3.8) is 0 Å². The average molecular weight is 320 g/mol. The van der Waals surface area contributed by atoms with Crippen LogP contribution in [0.2, 0.25) is 0 Å². The third-order valence-electron chi connectivity index (χ3n) is 1.78. The van der Waals surface area contributed by atoms with Crippen molar-refractivity contribution < 1.29 is 41.6 Å². The van der Waals surface area contributed by atoms with Gasteiger partial charge in [-0.05, 0) is 17.7 Å². The largest absolute Gasteiger partial charge is 0.549 e. The molecule has 0 radical (unpaired) electrons. The van der Waals surface area contributed by atoms with E-state index in [1.807, 2.05) is 0 Å². The van der Waals surface area contributed by atoms with Gasteiger partial charge in [-0.25, -0.2) is 13.3 Å². The number of hydrogen-bond donors (Lipinski definition) is 3. The molecule has 0 amide bonds. The molecule has 1 rings (SSSR count). The van der Waals surface area contributed by atoms with Crippen LogP contribution in [0, 0.1) is 11.6 Å². The quantitative estimate of drug-likeness (QED) is 0.439. The third-order valence-corrected chi connectivity index (χ3v) is 1.78. The SMILES string of the molecule is O=P(O)(F)F.OCCOCC(O)c1cc(F)cc(F)c1. The summed E-state index contributed by atoms with van der Waals surface area (Å²) < 4.78 is 59.0. The molecule has 0 saturated carbocycles. The summed E-state index contributed by atoms with van der Waals surface area (Å²) in [5.74, 6) is -1.49. The fraction of sp³-hybridized carbons (Fsp3) is 0.400. The minimum Gasteiger partial charge on any atom is -0.394 e. The molecule has 1 unspecified atom stereocenters. The van der Waals surface area contributed by atoms with E-state index in [4.69, 9.17) is 19.3 Å². The van der Waals surface area contributed by atoms with E-state index in [1.54, 1.807) is 0 Å². The lowest BCUT2D eigenvalue weighted by atomic mass is 10.1. The molecule has 0 spiro atoms. The minimum absolute atomic E-state index is 0.0782. The van der Waals surface area contributed by atoms with Crippen molar-refractivity contribution in [1.82, 2.24) is 0 Å². The summed E-state index contributed by atoms with van der Waals surface area (Å²) in [5.41, 5.74) is 0.116. The Balaban J connectivity index is 0.000000621. The molecular formula is C10H13F4O5P. The fourth-order valence-corrected chi connectivity index (χ4v) is 1.12. The van der Waals surface area contributed by atoms with E-state index in [2.05, 4.69) is 0 Å². The van der Waals surface area contributed by atoms with Crippen LogP contribution in [0.5, 0.6) is 0 Å². The van der Waals surface area contributed by atoms with Crippen LogP contribution in [-0.4, -0.2) is 34.9 Å². The first-order valence-electron chi connectivity index (χ1n) is 5.18. The number of benzene rings is 1. The van der Waals surface area contributed by atoms with Crippen molar-refractivity contribution in [2.75, 3.05) is 19.8 Å². The van der Waals surface area contributed by atoms with Crippen LogP contribution < -0.4 is 0 Å². The molecule has 0 fully saturated rings. The molecule has 20 heavy (non-hydrogen) atoms. The highest BCUT2D eigenvalue weighted by molar-refractivity contribution is 7.46. The van der Waals surface area contributed by atoms with Gasteiger partial charge in [-0.1, -0.05) is 0 Å². The minimum atomic E-state index is -5.64. The zero-order valence-electron chi connectivity index (χ0n) is 10.0. The van der Waals surface area contributed by atoms with Gasteiger partial charge in [-0.2, -0.15) is 0 Å². The predicted octanol–water partition coefficient (Wildman–Crippen LogP) is 2.03. The second-order valence-electron chi connectivity index (χ2n) is 3.45. The number of rotatable bonds is 5. The maximum atomic E-state index is 12.7. The molecule has 1 aromatic rings. The van der Waals surface area contributed by atoms with Gasteiger partial charge in [0.1, 0.15) is 17.7 Å². The zero-order chi connectivity index (χ0) is 15.8. The number of halogens is 4. The van der Waals surface area contributed by atoms with Gasteiger partial charge in [0.2, 0.25) is 0 Å². The molecule has 116 valence electrons. The lowest BCUT2D eigenvalue weighted by Gasteiger charge is -2.11. The monoisotopic (exact) mass is 320 g/mol. The summed E-state index contributed by atoms with van der Waals surface area (Å²) in [6, 6.07) is 2.80. The van der Waals surface area contributed by atoms with Crippen molar-refractivity contribution in [3.8, 4) is 0 Å². The Morgan fingerprint density at radius 1 is 1.20 bits per heavy atom. The molecule has 0 aliphatic heterocycles. The van der Waals surface area contributed by atoms with Crippen LogP contribution in [0.4, 0.5) is 17.2 Å². The van der Waals surface area contributed by atoms with E-state index < -0.39 is 25.7 Å². The van der Waals surface area contributed by atoms with E-state index in [0.717, 1.165) is 18.2 Å². The van der Waals surface area contributed by atoms with Crippen LogP contribution in [0.3, 0.4) is 0 Å². The number of ether oxygens (including phenoxy) is 1. The fourth-order valence-electron chi connectivity index (χ4n) is 1.12. The lowest BCUT2D eigenvalue weighted by Crippen LogP contribution is -2.10. The third kappa shape index (κ3) is 10.9. The Kier molecular flexibility index (Phi) is 8.59. The van der Waals surface area contributed by atoms with Gasteiger partial charge in [0, 0.05) is 6.07 Å². The molecule has 1 aromatic carbocycles. The highest BCUT2D eigenvalue weighted by Crippen LogP contribution is 2.43. The van der Waals surface area contributed by atoms with Gasteiger partial charge >= 0.3 is 7.99 Å². The Labute approximate surface area is 112 Å². The number of aliphatic hydroxyl groups excluding tert-OH is 2. The summed E-state index contributed by atoms with van der Waals surface area (Å²) in [5, 5.41) is 17.9. The molecule has 0 heterocycles. The van der Waals surface area contributed by atoms with Gasteiger partial charge in [0.25, 0.3) is 0 Å². The van der Waals surface area contributed by atoms with E-state index >= 15 is 0 Å². The summed E-state index contributed by atoms with van der Waals surface area (Å²) in [6.45, 7) is -0.192. The molecule has 5 nitrogen and oxygen atoms in total. The van der Waals surface area contributed by atoms with E-state index in [1.165, 1.54) is 0 Å². The van der Waals surface area contributed by atoms with Crippen molar-refractivity contribution in [2.24, 2.45) is 0 Å².